The minimum Gasteiger partial charge on any atom is -0.341 e. The van der Waals surface area contributed by atoms with Crippen molar-refractivity contribution >= 4 is 5.91 Å². The number of hydrogen-bond acceptors (Lipinski definition) is 4. The maximum Gasteiger partial charge on any atom is 0.227 e. The fraction of sp³-hybridized carbons (Fsp3) is 0.529. The van der Waals surface area contributed by atoms with Crippen LogP contribution in [0.4, 0.5) is 0 Å². The Morgan fingerprint density at radius 1 is 1.35 bits per heavy atom. The number of H-pyrrole nitrogens is 1. The lowest BCUT2D eigenvalue weighted by Gasteiger charge is -2.25. The molecule has 0 bridgehead atoms. The molecule has 3 heterocycles. The van der Waals surface area contributed by atoms with E-state index in [0.717, 1.165) is 35.9 Å². The highest BCUT2D eigenvalue weighted by molar-refractivity contribution is 5.81. The van der Waals surface area contributed by atoms with Gasteiger partial charge in [-0.25, -0.2) is 9.97 Å². The Kier molecular flexibility index (Phi) is 3.92. The number of nitrogens with zero attached hydrogens (tertiary/aromatic N) is 4. The van der Waals surface area contributed by atoms with Gasteiger partial charge in [-0.1, -0.05) is 20.8 Å². The molecule has 0 aromatic carbocycles. The first-order valence-electron chi connectivity index (χ1n) is 7.99. The molecule has 1 fully saturated rings. The fourth-order valence-electron chi connectivity index (χ4n) is 2.94. The SMILES string of the molecule is Cc1cc(-c2ccn[nH]2)nc([C@@H]2CCN(C(=O)C(C)(C)C)C2)n1. The fourth-order valence-corrected chi connectivity index (χ4v) is 2.94. The molecule has 23 heavy (non-hydrogen) atoms. The second-order valence-corrected chi connectivity index (χ2v) is 7.21. The third-order valence-electron chi connectivity index (χ3n) is 4.13. The minimum absolute atomic E-state index is 0.196. The van der Waals surface area contributed by atoms with E-state index >= 15 is 0 Å². The quantitative estimate of drug-likeness (QED) is 0.924. The third-order valence-corrected chi connectivity index (χ3v) is 4.13. The number of aryl methyl sites for hydroxylation is 1. The summed E-state index contributed by atoms with van der Waals surface area (Å²) in [7, 11) is 0. The second kappa shape index (κ2) is 5.76. The molecule has 1 saturated heterocycles. The molecule has 3 rings (SSSR count). The summed E-state index contributed by atoms with van der Waals surface area (Å²) in [6, 6.07) is 3.85. The van der Waals surface area contributed by atoms with E-state index in [1.807, 2.05) is 44.7 Å². The molecule has 0 aliphatic carbocycles. The monoisotopic (exact) mass is 313 g/mol. The molecule has 6 heteroatoms. The lowest BCUT2D eigenvalue weighted by molar-refractivity contribution is -0.138. The van der Waals surface area contributed by atoms with E-state index in [1.54, 1.807) is 6.20 Å². The van der Waals surface area contributed by atoms with Gasteiger partial charge in [-0.05, 0) is 25.5 Å². The molecule has 1 N–H and O–H groups in total. The van der Waals surface area contributed by atoms with Gasteiger partial charge in [-0.2, -0.15) is 5.10 Å². The number of nitrogens with one attached hydrogen (secondary N) is 1. The first kappa shape index (κ1) is 15.6. The van der Waals surface area contributed by atoms with E-state index in [2.05, 4.69) is 15.2 Å². The summed E-state index contributed by atoms with van der Waals surface area (Å²) in [5.74, 6) is 1.21. The van der Waals surface area contributed by atoms with Gasteiger partial charge < -0.3 is 4.90 Å². The third kappa shape index (κ3) is 3.25. The Hall–Kier alpha value is -2.24. The number of hydrogen-bond donors (Lipinski definition) is 1. The van der Waals surface area contributed by atoms with Gasteiger partial charge in [0.25, 0.3) is 0 Å². The molecule has 2 aromatic rings. The number of aromatic amines is 1. The molecule has 1 aliphatic rings. The Bertz CT molecular complexity index is 702. The number of amides is 1. The molecular weight excluding hydrogens is 290 g/mol. The molecule has 0 spiro atoms. The van der Waals surface area contributed by atoms with E-state index in [0.29, 0.717) is 6.54 Å². The van der Waals surface area contributed by atoms with Crippen LogP contribution in [0.3, 0.4) is 0 Å². The molecule has 1 amide bonds. The van der Waals surface area contributed by atoms with Crippen molar-refractivity contribution in [3.05, 3.63) is 29.8 Å². The first-order valence-corrected chi connectivity index (χ1v) is 7.99. The van der Waals surface area contributed by atoms with Crippen LogP contribution in [-0.2, 0) is 4.79 Å². The van der Waals surface area contributed by atoms with Crippen LogP contribution in [0.15, 0.2) is 18.3 Å². The summed E-state index contributed by atoms with van der Waals surface area (Å²) in [6.45, 7) is 9.32. The molecule has 0 radical (unpaired) electrons. The highest BCUT2D eigenvalue weighted by atomic mass is 16.2. The van der Waals surface area contributed by atoms with E-state index in [9.17, 15) is 4.79 Å². The van der Waals surface area contributed by atoms with Crippen LogP contribution in [0.2, 0.25) is 0 Å². The minimum atomic E-state index is -0.344. The molecule has 6 nitrogen and oxygen atoms in total. The van der Waals surface area contributed by atoms with Crippen LogP contribution in [0.1, 0.15) is 44.6 Å². The van der Waals surface area contributed by atoms with Gasteiger partial charge in [-0.3, -0.25) is 9.89 Å². The molecule has 0 saturated carbocycles. The predicted molar refractivity (Wildman–Crippen MR) is 87.7 cm³/mol. The maximum atomic E-state index is 12.4. The molecule has 1 atom stereocenters. The van der Waals surface area contributed by atoms with Crippen molar-refractivity contribution in [2.45, 2.75) is 40.0 Å². The van der Waals surface area contributed by atoms with Crippen molar-refractivity contribution < 1.29 is 4.79 Å². The number of likely N-dealkylation sites (tertiary alicyclic amines) is 1. The lowest BCUT2D eigenvalue weighted by Crippen LogP contribution is -2.37. The molecule has 1 aliphatic heterocycles. The van der Waals surface area contributed by atoms with Crippen molar-refractivity contribution in [2.24, 2.45) is 5.41 Å². The van der Waals surface area contributed by atoms with Crippen molar-refractivity contribution in [3.8, 4) is 11.4 Å². The molecule has 2 aromatic heterocycles. The Balaban J connectivity index is 1.82. The summed E-state index contributed by atoms with van der Waals surface area (Å²) in [5.41, 5.74) is 2.33. The van der Waals surface area contributed by atoms with Crippen LogP contribution >= 0.6 is 0 Å². The van der Waals surface area contributed by atoms with E-state index in [-0.39, 0.29) is 17.2 Å². The molecule has 122 valence electrons. The van der Waals surface area contributed by atoms with Crippen LogP contribution in [0.25, 0.3) is 11.4 Å². The normalized spacial score (nSPS) is 18.4. The van der Waals surface area contributed by atoms with Crippen molar-refractivity contribution in [3.63, 3.8) is 0 Å². The summed E-state index contributed by atoms with van der Waals surface area (Å²) in [4.78, 5) is 23.7. The zero-order valence-electron chi connectivity index (χ0n) is 14.1. The van der Waals surface area contributed by atoms with Crippen LogP contribution in [-0.4, -0.2) is 44.1 Å². The number of rotatable bonds is 2. The zero-order valence-corrected chi connectivity index (χ0v) is 14.1. The average molecular weight is 313 g/mol. The Morgan fingerprint density at radius 3 is 2.78 bits per heavy atom. The Morgan fingerprint density at radius 2 is 2.13 bits per heavy atom. The lowest BCUT2D eigenvalue weighted by atomic mass is 9.95. The molecular formula is C17H23N5O. The maximum absolute atomic E-state index is 12.4. The van der Waals surface area contributed by atoms with Crippen molar-refractivity contribution in [1.29, 1.82) is 0 Å². The number of carbonyl (C=O) groups excluding carboxylic acids is 1. The highest BCUT2D eigenvalue weighted by Crippen LogP contribution is 2.29. The summed E-state index contributed by atoms with van der Waals surface area (Å²) < 4.78 is 0. The van der Waals surface area contributed by atoms with Gasteiger partial charge in [0.2, 0.25) is 5.91 Å². The second-order valence-electron chi connectivity index (χ2n) is 7.21. The largest absolute Gasteiger partial charge is 0.341 e. The van der Waals surface area contributed by atoms with Gasteiger partial charge in [-0.15, -0.1) is 0 Å². The smallest absolute Gasteiger partial charge is 0.227 e. The van der Waals surface area contributed by atoms with Gasteiger partial charge >= 0.3 is 0 Å². The highest BCUT2D eigenvalue weighted by Gasteiger charge is 2.34. The predicted octanol–water partition coefficient (Wildman–Crippen LogP) is 2.54. The van der Waals surface area contributed by atoms with E-state index in [4.69, 9.17) is 4.98 Å². The van der Waals surface area contributed by atoms with Crippen LogP contribution in [0, 0.1) is 12.3 Å². The number of aromatic nitrogens is 4. The zero-order chi connectivity index (χ0) is 16.6. The van der Waals surface area contributed by atoms with Crippen molar-refractivity contribution in [2.75, 3.05) is 13.1 Å². The van der Waals surface area contributed by atoms with E-state index in [1.165, 1.54) is 0 Å². The topological polar surface area (TPSA) is 74.8 Å². The summed E-state index contributed by atoms with van der Waals surface area (Å²) >= 11 is 0. The number of carbonyl (C=O) groups is 1. The van der Waals surface area contributed by atoms with Gasteiger partial charge in [0.15, 0.2) is 0 Å². The van der Waals surface area contributed by atoms with Crippen LogP contribution < -0.4 is 0 Å². The molecule has 0 unspecified atom stereocenters. The van der Waals surface area contributed by atoms with Gasteiger partial charge in [0.05, 0.1) is 11.4 Å². The summed E-state index contributed by atoms with van der Waals surface area (Å²) in [6.07, 6.45) is 2.62. The average Bonchev–Trinajstić information content (AvgIpc) is 3.16. The standard InChI is InChI=1S/C17H23N5O/c1-11-9-14(13-5-7-18-21-13)20-15(19-11)12-6-8-22(10-12)16(23)17(2,3)4/h5,7,9,12H,6,8,10H2,1-4H3,(H,18,21)/t12-/m1/s1. The van der Waals surface area contributed by atoms with Crippen molar-refractivity contribution in [1.82, 2.24) is 25.1 Å². The van der Waals surface area contributed by atoms with Gasteiger partial charge in [0.1, 0.15) is 5.82 Å². The first-order chi connectivity index (χ1) is 10.8. The van der Waals surface area contributed by atoms with Gasteiger partial charge in [0, 0.05) is 36.3 Å². The Labute approximate surface area is 136 Å². The summed E-state index contributed by atoms with van der Waals surface area (Å²) in [5, 5.41) is 6.92. The van der Waals surface area contributed by atoms with Crippen LogP contribution in [0.5, 0.6) is 0 Å². The van der Waals surface area contributed by atoms with E-state index < -0.39 is 0 Å².